The Labute approximate surface area is 268 Å². The van der Waals surface area contributed by atoms with Gasteiger partial charge in [0.05, 0.1) is 25.6 Å². The Kier molecular flexibility index (Phi) is 7.14. The number of phenols is 1. The van der Waals surface area contributed by atoms with Gasteiger partial charge >= 0.3 is 5.97 Å². The Morgan fingerprint density at radius 3 is 2.59 bits per heavy atom. The fraction of sp³-hybridized carbons (Fsp3) is 0.459. The Bertz CT molecular complexity index is 1680. The number of carbonyl (C=O) groups excluding carboxylic acids is 2. The van der Waals surface area contributed by atoms with Gasteiger partial charge in [-0.3, -0.25) is 9.59 Å². The highest BCUT2D eigenvalue weighted by Crippen LogP contribution is 2.68. The van der Waals surface area contributed by atoms with Crippen LogP contribution in [-0.4, -0.2) is 64.6 Å². The summed E-state index contributed by atoms with van der Waals surface area (Å²) in [5.74, 6) is -3.37. The van der Waals surface area contributed by atoms with Crippen molar-refractivity contribution < 1.29 is 43.5 Å². The largest absolute Gasteiger partial charge is 0.504 e. The smallest absolute Gasteiger partial charge is 0.310 e. The molecule has 3 unspecified atom stereocenters. The summed E-state index contributed by atoms with van der Waals surface area (Å²) in [7, 11) is 1.44. The molecule has 2 aliphatic heterocycles. The van der Waals surface area contributed by atoms with Crippen molar-refractivity contribution in [3.05, 3.63) is 95.1 Å². The van der Waals surface area contributed by atoms with Crippen LogP contribution in [0.4, 0.5) is 0 Å². The summed E-state index contributed by atoms with van der Waals surface area (Å²) in [4.78, 5) is 26.8. The van der Waals surface area contributed by atoms with Gasteiger partial charge in [0, 0.05) is 18.3 Å². The molecule has 1 saturated carbocycles. The van der Waals surface area contributed by atoms with E-state index in [2.05, 4.69) is 13.5 Å². The van der Waals surface area contributed by atoms with E-state index in [0.29, 0.717) is 29.6 Å². The minimum absolute atomic E-state index is 0.0156. The highest BCUT2D eigenvalue weighted by atomic mass is 16.9. The van der Waals surface area contributed by atoms with Crippen molar-refractivity contribution in [1.82, 2.24) is 0 Å². The molecule has 3 bridgehead atoms. The molecule has 46 heavy (non-hydrogen) atoms. The number of ether oxygens (including phenoxy) is 5. The summed E-state index contributed by atoms with van der Waals surface area (Å²) in [6.45, 7) is 9.98. The highest BCUT2D eigenvalue weighted by molar-refractivity contribution is 6.04. The first-order valence-corrected chi connectivity index (χ1v) is 15.8. The average molecular weight is 629 g/mol. The van der Waals surface area contributed by atoms with Gasteiger partial charge in [-0.25, -0.2) is 0 Å². The topological polar surface area (TPSA) is 121 Å². The number of fused-ring (bicyclic) bond motifs is 2. The van der Waals surface area contributed by atoms with Gasteiger partial charge < -0.3 is 33.9 Å². The summed E-state index contributed by atoms with van der Waals surface area (Å²) < 4.78 is 31.8. The van der Waals surface area contributed by atoms with E-state index in [9.17, 15) is 19.8 Å². The summed E-state index contributed by atoms with van der Waals surface area (Å²) in [5.41, 5.74) is -0.241. The molecule has 2 aromatic carbocycles. The minimum atomic E-state index is -1.80. The molecule has 0 radical (unpaired) electrons. The van der Waals surface area contributed by atoms with Crippen molar-refractivity contribution in [3.63, 3.8) is 0 Å². The van der Waals surface area contributed by atoms with Crippen molar-refractivity contribution in [1.29, 1.82) is 0 Å². The molecule has 5 aliphatic rings. The van der Waals surface area contributed by atoms with Gasteiger partial charge in [-0.2, -0.15) is 0 Å². The van der Waals surface area contributed by atoms with Crippen molar-refractivity contribution in [3.8, 4) is 11.5 Å². The van der Waals surface area contributed by atoms with E-state index in [4.69, 9.17) is 23.7 Å². The number of hydrogen-bond donors (Lipinski definition) is 2. The average Bonchev–Trinajstić information content (AvgIpc) is 3.32. The van der Waals surface area contributed by atoms with Crippen LogP contribution in [0.5, 0.6) is 11.5 Å². The number of rotatable bonds is 8. The lowest BCUT2D eigenvalue weighted by Gasteiger charge is -2.59. The lowest BCUT2D eigenvalue weighted by atomic mass is 9.55. The van der Waals surface area contributed by atoms with Gasteiger partial charge in [-0.15, -0.1) is 0 Å². The number of aliphatic hydroxyl groups is 1. The van der Waals surface area contributed by atoms with Crippen molar-refractivity contribution in [2.24, 2.45) is 17.8 Å². The van der Waals surface area contributed by atoms with Crippen LogP contribution in [0, 0.1) is 17.8 Å². The Morgan fingerprint density at radius 1 is 1.11 bits per heavy atom. The number of ketones is 1. The third kappa shape index (κ3) is 4.43. The van der Waals surface area contributed by atoms with E-state index in [0.717, 1.165) is 11.1 Å². The van der Waals surface area contributed by atoms with Crippen LogP contribution in [0.1, 0.15) is 44.7 Å². The number of methoxy groups -OCH3 is 1. The minimum Gasteiger partial charge on any atom is -0.504 e. The number of hydrogen-bond acceptors (Lipinski definition) is 9. The van der Waals surface area contributed by atoms with E-state index in [-0.39, 0.29) is 42.6 Å². The molecule has 0 amide bonds. The van der Waals surface area contributed by atoms with E-state index in [1.54, 1.807) is 19.1 Å². The second-order valence-electron chi connectivity index (χ2n) is 13.7. The third-order valence-electron chi connectivity index (χ3n) is 10.7. The van der Waals surface area contributed by atoms with Gasteiger partial charge in [0.1, 0.15) is 23.9 Å². The van der Waals surface area contributed by atoms with Crippen molar-refractivity contribution in [2.45, 2.75) is 75.3 Å². The van der Waals surface area contributed by atoms with E-state index >= 15 is 0 Å². The van der Waals surface area contributed by atoms with Gasteiger partial charge in [0.25, 0.3) is 5.97 Å². The van der Waals surface area contributed by atoms with Crippen LogP contribution in [0.3, 0.4) is 0 Å². The molecular formula is C37H40O9. The molecule has 0 aromatic heterocycles. The monoisotopic (exact) mass is 628 g/mol. The predicted molar refractivity (Wildman–Crippen MR) is 167 cm³/mol. The standard InChI is InChI=1S/C37H40O9/c1-21(2)35-17-23(4)37-27(33(35)44-36(45-35,46-37)19-24-9-7-6-8-10-24)14-26(18-34(41)30(37)13-22(3)32(34)40)20-43-31(39)16-25-11-12-28(38)29(15-25)42-5/h6-15,23,27,30,33,38,41H,1,16-20H2,2-5H3/t23-,27+,30-,33?,34-,35-,36?,37?/m1/s1. The van der Waals surface area contributed by atoms with Gasteiger partial charge in [-0.05, 0) is 66.2 Å². The van der Waals surface area contributed by atoms with Crippen LogP contribution < -0.4 is 4.74 Å². The molecule has 242 valence electrons. The van der Waals surface area contributed by atoms with Crippen LogP contribution in [0.25, 0.3) is 0 Å². The van der Waals surface area contributed by atoms with Crippen molar-refractivity contribution in [2.75, 3.05) is 13.7 Å². The summed E-state index contributed by atoms with van der Waals surface area (Å²) in [6, 6.07) is 14.5. The maximum atomic E-state index is 13.8. The second kappa shape index (κ2) is 10.6. The SMILES string of the molecule is C=C(C)[C@]12C[C@@H](C)C34OC(Cc5ccccc5)(OC1[C@@H]3C=C(COC(=O)Cc1ccc(O)c(OC)c1)C[C@]1(O)C(=O)C(C)=C[C@@H]41)O2. The van der Waals surface area contributed by atoms with Gasteiger partial charge in [-0.1, -0.05) is 62.1 Å². The Balaban J connectivity index is 1.27. The molecule has 9 nitrogen and oxygen atoms in total. The molecule has 2 N–H and O–H groups in total. The predicted octanol–water partition coefficient (Wildman–Crippen LogP) is 4.74. The maximum Gasteiger partial charge on any atom is 0.310 e. The molecule has 2 heterocycles. The number of esters is 1. The number of benzene rings is 2. The molecule has 3 aliphatic carbocycles. The first-order chi connectivity index (χ1) is 21.9. The molecular weight excluding hydrogens is 588 g/mol. The molecule has 7 rings (SSSR count). The molecule has 8 atom stereocenters. The zero-order valence-electron chi connectivity index (χ0n) is 26.6. The van der Waals surface area contributed by atoms with E-state index < -0.39 is 46.7 Å². The first kappa shape index (κ1) is 30.9. The fourth-order valence-electron chi connectivity index (χ4n) is 8.71. The quantitative estimate of drug-likeness (QED) is 0.315. The second-order valence-corrected chi connectivity index (χ2v) is 13.7. The first-order valence-electron chi connectivity index (χ1n) is 15.8. The van der Waals surface area contributed by atoms with Crippen LogP contribution in [0.2, 0.25) is 0 Å². The zero-order chi connectivity index (χ0) is 32.6. The Morgan fingerprint density at radius 2 is 1.87 bits per heavy atom. The molecule has 2 saturated heterocycles. The molecule has 3 fully saturated rings. The summed E-state index contributed by atoms with van der Waals surface area (Å²) in [5, 5.41) is 22.3. The number of carbonyl (C=O) groups is 2. The fourth-order valence-corrected chi connectivity index (χ4v) is 8.71. The lowest BCUT2D eigenvalue weighted by molar-refractivity contribution is -0.421. The number of phenolic OH excluding ortho intramolecular Hbond substituents is 1. The molecule has 0 spiro atoms. The van der Waals surface area contributed by atoms with E-state index in [1.807, 2.05) is 49.4 Å². The molecule has 2 aromatic rings. The van der Waals surface area contributed by atoms with Gasteiger partial charge in [0.15, 0.2) is 17.3 Å². The van der Waals surface area contributed by atoms with Gasteiger partial charge in [0.2, 0.25) is 0 Å². The van der Waals surface area contributed by atoms with Crippen LogP contribution in [-0.2, 0) is 41.4 Å². The number of Topliss-reactive ketones (excluding diaryl/α,β-unsaturated/α-hetero) is 1. The van der Waals surface area contributed by atoms with Crippen molar-refractivity contribution >= 4 is 11.8 Å². The normalized spacial score (nSPS) is 37.1. The summed E-state index contributed by atoms with van der Waals surface area (Å²) in [6.07, 6.45) is 4.13. The molecule has 9 heteroatoms. The number of aromatic hydroxyl groups is 1. The maximum absolute atomic E-state index is 13.8. The zero-order valence-corrected chi connectivity index (χ0v) is 26.6. The highest BCUT2D eigenvalue weighted by Gasteiger charge is 2.79. The summed E-state index contributed by atoms with van der Waals surface area (Å²) >= 11 is 0. The van der Waals surface area contributed by atoms with Crippen LogP contribution in [0.15, 0.2) is 84.0 Å². The van der Waals surface area contributed by atoms with Crippen LogP contribution >= 0.6 is 0 Å². The third-order valence-corrected chi connectivity index (χ3v) is 10.7. The Hall–Kier alpha value is -3.76. The van der Waals surface area contributed by atoms with E-state index in [1.165, 1.54) is 13.2 Å². The lowest BCUT2D eigenvalue weighted by Crippen LogP contribution is -2.70.